The van der Waals surface area contributed by atoms with Crippen LogP contribution < -0.4 is 25.8 Å². The van der Waals surface area contributed by atoms with Crippen molar-refractivity contribution < 1.29 is 18.6 Å². The summed E-state index contributed by atoms with van der Waals surface area (Å²) < 4.78 is 36.7. The van der Waals surface area contributed by atoms with Gasteiger partial charge in [-0.05, 0) is 55.2 Å². The number of ether oxygens (including phenoxy) is 1. The van der Waals surface area contributed by atoms with Gasteiger partial charge < -0.3 is 29.9 Å². The lowest BCUT2D eigenvalue weighted by molar-refractivity contribution is -0.0579. The highest BCUT2D eigenvalue weighted by molar-refractivity contribution is 6.32. The van der Waals surface area contributed by atoms with Gasteiger partial charge in [0.25, 0.3) is 5.56 Å². The molecule has 2 aromatic heterocycles. The van der Waals surface area contributed by atoms with Crippen LogP contribution >= 0.6 is 11.6 Å². The first kappa shape index (κ1) is 26.1. The number of hydrogen-bond acceptors (Lipinski definition) is 8. The Morgan fingerprint density at radius 1 is 1.31 bits per heavy atom. The Morgan fingerprint density at radius 3 is 2.85 bits per heavy atom. The van der Waals surface area contributed by atoms with E-state index >= 15 is 0 Å². The van der Waals surface area contributed by atoms with Gasteiger partial charge in [0, 0.05) is 37.8 Å². The van der Waals surface area contributed by atoms with Crippen LogP contribution in [0.1, 0.15) is 26.2 Å². The molecule has 4 heterocycles. The third-order valence-electron chi connectivity index (χ3n) is 7.89. The van der Waals surface area contributed by atoms with Crippen molar-refractivity contribution in [1.82, 2.24) is 14.5 Å². The van der Waals surface area contributed by atoms with Gasteiger partial charge in [-0.15, -0.1) is 0 Å². The van der Waals surface area contributed by atoms with E-state index in [1.54, 1.807) is 25.2 Å². The van der Waals surface area contributed by atoms with Gasteiger partial charge in [-0.25, -0.2) is 13.8 Å². The van der Waals surface area contributed by atoms with E-state index < -0.39 is 24.1 Å². The van der Waals surface area contributed by atoms with Gasteiger partial charge in [0.2, 0.25) is 11.7 Å². The van der Waals surface area contributed by atoms with Crippen molar-refractivity contribution in [2.45, 2.75) is 38.2 Å². The maximum Gasteiger partial charge on any atom is 0.301 e. The molecule has 0 amide bonds. The van der Waals surface area contributed by atoms with E-state index in [1.807, 2.05) is 4.90 Å². The maximum atomic E-state index is 14.9. The second-order valence-electron chi connectivity index (χ2n) is 11.1. The summed E-state index contributed by atoms with van der Waals surface area (Å²) in [5, 5.41) is 16.8. The summed E-state index contributed by atoms with van der Waals surface area (Å²) in [6, 6.07) is 4.20. The fraction of sp³-hybridized carbons (Fsp3) is 0.519. The minimum atomic E-state index is -3.11. The fourth-order valence-electron chi connectivity index (χ4n) is 5.80. The molecule has 1 aromatic carbocycles. The van der Waals surface area contributed by atoms with Crippen LogP contribution in [-0.2, 0) is 7.05 Å². The monoisotopic (exact) mass is 560 g/mol. The van der Waals surface area contributed by atoms with Crippen molar-refractivity contribution >= 4 is 45.6 Å². The lowest BCUT2D eigenvalue weighted by Gasteiger charge is -2.35. The van der Waals surface area contributed by atoms with E-state index in [9.17, 15) is 18.7 Å². The first-order valence-corrected chi connectivity index (χ1v) is 13.6. The molecule has 3 atom stereocenters. The number of aliphatic hydroxyl groups excluding tert-OH is 1. The number of aromatic nitrogens is 3. The van der Waals surface area contributed by atoms with Gasteiger partial charge in [-0.2, -0.15) is 4.98 Å². The van der Waals surface area contributed by atoms with Gasteiger partial charge in [0.15, 0.2) is 12.4 Å². The average molecular weight is 561 g/mol. The third kappa shape index (κ3) is 4.86. The van der Waals surface area contributed by atoms with Crippen molar-refractivity contribution in [3.8, 4) is 5.75 Å². The molecule has 208 valence electrons. The van der Waals surface area contributed by atoms with E-state index in [1.165, 1.54) is 10.8 Å². The summed E-state index contributed by atoms with van der Waals surface area (Å²) in [6.45, 7) is 2.81. The standard InChI is InChI=1S/C27H31ClF2N6O3/c1-14-7-15(12-37)11-36(10-14)26-31-9-19(28)24(34-26)32-17-5-6-20-18(8-17)21-22(25(38)35(20)2)39-13-27(29,30)23(33-21)16-3-4-16/h5-6,8-9,14-16,23,33,37H,3-4,7,10-13H2,1-2H3,(H,31,32,34)/t14-,15+,23-/m0/s1. The summed E-state index contributed by atoms with van der Waals surface area (Å²) in [4.78, 5) is 24.2. The number of benzene rings is 1. The van der Waals surface area contributed by atoms with Gasteiger partial charge in [0.05, 0.1) is 23.4 Å². The molecular formula is C27H31ClF2N6O3. The van der Waals surface area contributed by atoms with E-state index in [-0.39, 0.29) is 29.9 Å². The number of halogens is 3. The first-order valence-electron chi connectivity index (χ1n) is 13.2. The van der Waals surface area contributed by atoms with Crippen LogP contribution in [-0.4, -0.2) is 57.9 Å². The number of aliphatic hydroxyl groups is 1. The molecule has 2 fully saturated rings. The van der Waals surface area contributed by atoms with Crippen LogP contribution in [0.25, 0.3) is 10.9 Å². The normalized spacial score (nSPS) is 24.5. The Hall–Kier alpha value is -3.18. The molecule has 1 saturated heterocycles. The van der Waals surface area contributed by atoms with Crippen molar-refractivity contribution in [3.05, 3.63) is 39.8 Å². The summed E-state index contributed by atoms with van der Waals surface area (Å²) in [5.74, 6) is -1.96. The molecule has 3 aliphatic rings. The molecule has 0 bridgehead atoms. The Morgan fingerprint density at radius 2 is 2.10 bits per heavy atom. The average Bonchev–Trinajstić information content (AvgIpc) is 3.75. The molecule has 39 heavy (non-hydrogen) atoms. The van der Waals surface area contributed by atoms with E-state index in [2.05, 4.69) is 27.5 Å². The third-order valence-corrected chi connectivity index (χ3v) is 8.17. The van der Waals surface area contributed by atoms with Crippen LogP contribution in [0.4, 0.5) is 31.9 Å². The van der Waals surface area contributed by atoms with Crippen LogP contribution in [0.5, 0.6) is 5.75 Å². The number of nitrogens with zero attached hydrogens (tertiary/aromatic N) is 4. The van der Waals surface area contributed by atoms with E-state index in [0.717, 1.165) is 13.0 Å². The fourth-order valence-corrected chi connectivity index (χ4v) is 5.94. The van der Waals surface area contributed by atoms with Crippen LogP contribution in [0.3, 0.4) is 0 Å². The minimum absolute atomic E-state index is 0.106. The highest BCUT2D eigenvalue weighted by atomic mass is 35.5. The topological polar surface area (TPSA) is 105 Å². The molecule has 0 radical (unpaired) electrons. The predicted molar refractivity (Wildman–Crippen MR) is 147 cm³/mol. The maximum absolute atomic E-state index is 14.9. The lowest BCUT2D eigenvalue weighted by atomic mass is 9.91. The second-order valence-corrected chi connectivity index (χ2v) is 11.5. The molecule has 3 aromatic rings. The number of aryl methyl sites for hydroxylation is 1. The second kappa shape index (κ2) is 9.78. The zero-order valence-electron chi connectivity index (χ0n) is 21.8. The van der Waals surface area contributed by atoms with Gasteiger partial charge in [-0.3, -0.25) is 4.79 Å². The van der Waals surface area contributed by atoms with E-state index in [0.29, 0.717) is 58.7 Å². The zero-order chi connectivity index (χ0) is 27.5. The Balaban J connectivity index is 1.37. The van der Waals surface area contributed by atoms with Crippen molar-refractivity contribution in [2.24, 2.45) is 24.8 Å². The molecule has 12 heteroatoms. The van der Waals surface area contributed by atoms with Crippen molar-refractivity contribution in [3.63, 3.8) is 0 Å². The summed E-state index contributed by atoms with van der Waals surface area (Å²) >= 11 is 6.46. The van der Waals surface area contributed by atoms with Crippen LogP contribution in [0.2, 0.25) is 5.02 Å². The Labute approximate surface area is 229 Å². The van der Waals surface area contributed by atoms with Gasteiger partial charge in [0.1, 0.15) is 5.02 Å². The number of nitrogens with one attached hydrogen (secondary N) is 2. The smallest absolute Gasteiger partial charge is 0.301 e. The molecule has 6 rings (SSSR count). The largest absolute Gasteiger partial charge is 0.480 e. The van der Waals surface area contributed by atoms with Gasteiger partial charge in [-0.1, -0.05) is 18.5 Å². The summed E-state index contributed by atoms with van der Waals surface area (Å²) in [6.07, 6.45) is 3.90. The molecular weight excluding hydrogens is 530 g/mol. The highest BCUT2D eigenvalue weighted by Gasteiger charge is 2.51. The molecule has 2 aliphatic heterocycles. The number of anilines is 4. The summed E-state index contributed by atoms with van der Waals surface area (Å²) in [7, 11) is 1.59. The van der Waals surface area contributed by atoms with Crippen LogP contribution in [0, 0.1) is 17.8 Å². The number of alkyl halides is 2. The highest BCUT2D eigenvalue weighted by Crippen LogP contribution is 2.45. The first-order chi connectivity index (χ1) is 18.6. The van der Waals surface area contributed by atoms with Crippen LogP contribution in [0.15, 0.2) is 29.2 Å². The molecule has 9 nitrogen and oxygen atoms in total. The quantitative estimate of drug-likeness (QED) is 0.422. The minimum Gasteiger partial charge on any atom is -0.480 e. The molecule has 0 unspecified atom stereocenters. The molecule has 3 N–H and O–H groups in total. The summed E-state index contributed by atoms with van der Waals surface area (Å²) in [5.41, 5.74) is 0.985. The molecule has 1 aliphatic carbocycles. The SMILES string of the molecule is C[C@H]1C[C@@H](CO)CN(c2ncc(Cl)c(Nc3ccc4c(c3)c3c(c(=O)n4C)OCC(F)(F)[C@H](C4CC4)N3)n2)C1. The van der Waals surface area contributed by atoms with Gasteiger partial charge >= 0.3 is 5.92 Å². The Bertz CT molecular complexity index is 1480. The predicted octanol–water partition coefficient (Wildman–Crippen LogP) is 4.40. The number of hydrogen-bond donors (Lipinski definition) is 3. The number of fused-ring (bicyclic) bond motifs is 3. The number of piperidine rings is 1. The zero-order valence-corrected chi connectivity index (χ0v) is 22.5. The van der Waals surface area contributed by atoms with E-state index in [4.69, 9.17) is 16.3 Å². The van der Waals surface area contributed by atoms with Crippen molar-refractivity contribution in [1.29, 1.82) is 0 Å². The lowest BCUT2D eigenvalue weighted by Crippen LogP contribution is -2.44. The van der Waals surface area contributed by atoms with Crippen molar-refractivity contribution in [2.75, 3.05) is 41.8 Å². The molecule has 0 spiro atoms. The number of rotatable bonds is 5. The Kier molecular flexibility index (Phi) is 6.53. The number of pyridine rings is 1. The molecule has 1 saturated carbocycles.